The number of allylic oxidation sites excluding steroid dienone is 7. The molecule has 2 unspecified atom stereocenters. The lowest BCUT2D eigenvalue weighted by atomic mass is 9.89. The zero-order valence-electron chi connectivity index (χ0n) is 17.1. The molecule has 31 heavy (non-hydrogen) atoms. The maximum absolute atomic E-state index is 14.5. The van der Waals surface area contributed by atoms with E-state index in [-0.39, 0.29) is 17.0 Å². The first-order chi connectivity index (χ1) is 15.0. The van der Waals surface area contributed by atoms with E-state index in [0.717, 1.165) is 23.4 Å². The minimum atomic E-state index is -0.485. The van der Waals surface area contributed by atoms with Crippen molar-refractivity contribution >= 4 is 17.6 Å². The number of nitrogens with one attached hydrogen (secondary N) is 2. The van der Waals surface area contributed by atoms with Gasteiger partial charge in [-0.25, -0.2) is 9.18 Å². The van der Waals surface area contributed by atoms with Crippen LogP contribution in [0.4, 0.5) is 9.18 Å². The van der Waals surface area contributed by atoms with Crippen molar-refractivity contribution in [1.82, 2.24) is 25.4 Å². The molecule has 2 amide bonds. The van der Waals surface area contributed by atoms with Crippen LogP contribution in [0.25, 0.3) is 11.3 Å². The molecule has 0 saturated heterocycles. The number of nitrogens with zero attached hydrogens (tertiary/aromatic N) is 3. The first kappa shape index (κ1) is 21.1. The third-order valence-corrected chi connectivity index (χ3v) is 5.55. The molecule has 2 N–H and O–H groups in total. The zero-order chi connectivity index (χ0) is 21.8. The molecule has 8 heteroatoms. The highest BCUT2D eigenvalue weighted by molar-refractivity contribution is 6.22. The van der Waals surface area contributed by atoms with E-state index < -0.39 is 11.9 Å². The Labute approximate surface area is 185 Å². The standard InChI is InChI=1S/C23H23ClFN5O/c1-2-30-14-19(22(29-30)15-9-11-26-12-10-15)16-3-8-20(25)21(13-16)28-23(31)27-18-6-4-17(24)5-7-18/h3-4,6-12,14,16-17H,2,5,13H2,1H3,(H2,27,28,31). The molecule has 0 aromatic carbocycles. The molecule has 4 rings (SSSR count). The number of pyridine rings is 1. The molecular formula is C23H23ClFN5O. The fraction of sp³-hybridized carbons (Fsp3) is 0.261. The molecule has 0 aliphatic heterocycles. The van der Waals surface area contributed by atoms with Gasteiger partial charge in [0, 0.05) is 54.3 Å². The second-order valence-corrected chi connectivity index (χ2v) is 7.93. The summed E-state index contributed by atoms with van der Waals surface area (Å²) in [7, 11) is 0. The van der Waals surface area contributed by atoms with Gasteiger partial charge >= 0.3 is 6.03 Å². The Hall–Kier alpha value is -3.19. The van der Waals surface area contributed by atoms with Crippen LogP contribution in [0.15, 0.2) is 78.3 Å². The third-order valence-electron chi connectivity index (χ3n) is 5.22. The minimum Gasteiger partial charge on any atom is -0.309 e. The number of rotatable bonds is 5. The summed E-state index contributed by atoms with van der Waals surface area (Å²) < 4.78 is 16.4. The largest absolute Gasteiger partial charge is 0.323 e. The molecule has 2 aliphatic carbocycles. The van der Waals surface area contributed by atoms with Crippen molar-refractivity contribution in [3.8, 4) is 11.3 Å². The van der Waals surface area contributed by atoms with E-state index in [2.05, 4.69) is 20.7 Å². The van der Waals surface area contributed by atoms with Crippen LogP contribution >= 0.6 is 11.6 Å². The smallest absolute Gasteiger partial charge is 0.309 e. The van der Waals surface area contributed by atoms with Gasteiger partial charge in [-0.05, 0) is 37.6 Å². The van der Waals surface area contributed by atoms with Gasteiger partial charge in [0.1, 0.15) is 5.83 Å². The van der Waals surface area contributed by atoms with Gasteiger partial charge in [0.2, 0.25) is 0 Å². The lowest BCUT2D eigenvalue weighted by Crippen LogP contribution is -2.35. The highest BCUT2D eigenvalue weighted by Gasteiger charge is 2.24. The average molecular weight is 440 g/mol. The van der Waals surface area contributed by atoms with Crippen molar-refractivity contribution in [1.29, 1.82) is 0 Å². The Morgan fingerprint density at radius 3 is 2.77 bits per heavy atom. The fourth-order valence-corrected chi connectivity index (χ4v) is 3.76. The summed E-state index contributed by atoms with van der Waals surface area (Å²) in [6.45, 7) is 2.74. The van der Waals surface area contributed by atoms with Crippen LogP contribution in [0.1, 0.15) is 31.2 Å². The van der Waals surface area contributed by atoms with Crippen molar-refractivity contribution in [3.63, 3.8) is 0 Å². The van der Waals surface area contributed by atoms with Gasteiger partial charge in [-0.2, -0.15) is 5.10 Å². The number of urea groups is 1. The van der Waals surface area contributed by atoms with E-state index in [1.165, 1.54) is 6.08 Å². The molecule has 2 aromatic rings. The van der Waals surface area contributed by atoms with Gasteiger partial charge in [-0.3, -0.25) is 9.67 Å². The Morgan fingerprint density at radius 2 is 2.06 bits per heavy atom. The predicted octanol–water partition coefficient (Wildman–Crippen LogP) is 4.94. The van der Waals surface area contributed by atoms with E-state index in [0.29, 0.717) is 18.5 Å². The summed E-state index contributed by atoms with van der Waals surface area (Å²) in [5.74, 6) is -0.571. The van der Waals surface area contributed by atoms with Gasteiger partial charge in [0.15, 0.2) is 0 Å². The second kappa shape index (κ2) is 9.31. The fourth-order valence-electron chi connectivity index (χ4n) is 3.60. The topological polar surface area (TPSA) is 71.8 Å². The van der Waals surface area contributed by atoms with E-state index in [4.69, 9.17) is 11.6 Å². The summed E-state index contributed by atoms with van der Waals surface area (Å²) >= 11 is 6.00. The summed E-state index contributed by atoms with van der Waals surface area (Å²) in [6, 6.07) is 3.32. The third kappa shape index (κ3) is 4.94. The normalized spacial score (nSPS) is 20.5. The number of carbonyl (C=O) groups excluding carboxylic acids is 1. The summed E-state index contributed by atoms with van der Waals surface area (Å²) in [5, 5.41) is 10.0. The first-order valence-electron chi connectivity index (χ1n) is 10.2. The van der Waals surface area contributed by atoms with Gasteiger partial charge in [-0.15, -0.1) is 11.6 Å². The zero-order valence-corrected chi connectivity index (χ0v) is 17.8. The molecule has 0 radical (unpaired) electrons. The minimum absolute atomic E-state index is 0.0726. The Morgan fingerprint density at radius 1 is 1.26 bits per heavy atom. The predicted molar refractivity (Wildman–Crippen MR) is 119 cm³/mol. The lowest BCUT2D eigenvalue weighted by molar-refractivity contribution is 0.245. The van der Waals surface area contributed by atoms with Gasteiger partial charge < -0.3 is 10.6 Å². The van der Waals surface area contributed by atoms with Crippen LogP contribution in [-0.2, 0) is 6.54 Å². The van der Waals surface area contributed by atoms with Crippen LogP contribution in [0, 0.1) is 0 Å². The molecule has 2 aromatic heterocycles. The molecule has 0 saturated carbocycles. The maximum atomic E-state index is 14.5. The van der Waals surface area contributed by atoms with Crippen molar-refractivity contribution < 1.29 is 9.18 Å². The van der Waals surface area contributed by atoms with Gasteiger partial charge in [-0.1, -0.05) is 18.2 Å². The monoisotopic (exact) mass is 439 g/mol. The molecule has 6 nitrogen and oxygen atoms in total. The summed E-state index contributed by atoms with van der Waals surface area (Å²) in [5.41, 5.74) is 3.63. The maximum Gasteiger partial charge on any atom is 0.323 e. The molecule has 2 atom stereocenters. The van der Waals surface area contributed by atoms with Crippen LogP contribution in [0.2, 0.25) is 0 Å². The molecule has 0 bridgehead atoms. The average Bonchev–Trinajstić information content (AvgIpc) is 3.22. The highest BCUT2D eigenvalue weighted by Crippen LogP contribution is 2.36. The van der Waals surface area contributed by atoms with Crippen LogP contribution in [0.5, 0.6) is 0 Å². The number of hydrogen-bond donors (Lipinski definition) is 2. The van der Waals surface area contributed by atoms with Crippen LogP contribution in [0.3, 0.4) is 0 Å². The Bertz CT molecular complexity index is 1090. The number of aromatic nitrogens is 3. The van der Waals surface area contributed by atoms with Crippen molar-refractivity contribution in [2.24, 2.45) is 0 Å². The van der Waals surface area contributed by atoms with Crippen LogP contribution in [-0.4, -0.2) is 26.2 Å². The molecule has 160 valence electrons. The first-order valence-corrected chi connectivity index (χ1v) is 10.6. The molecule has 0 fully saturated rings. The van der Waals surface area contributed by atoms with E-state index in [9.17, 15) is 9.18 Å². The number of halogens is 2. The lowest BCUT2D eigenvalue weighted by Gasteiger charge is -2.21. The van der Waals surface area contributed by atoms with E-state index in [1.54, 1.807) is 18.5 Å². The SMILES string of the molecule is CCn1cc(C2C=CC(F)=C(NC(=O)NC3=CCC(Cl)C=C3)C2)c(-c2ccncc2)n1. The van der Waals surface area contributed by atoms with E-state index in [1.807, 2.05) is 48.2 Å². The van der Waals surface area contributed by atoms with Crippen molar-refractivity contribution in [3.05, 3.63) is 83.9 Å². The molecule has 0 spiro atoms. The van der Waals surface area contributed by atoms with Crippen LogP contribution < -0.4 is 10.6 Å². The second-order valence-electron chi connectivity index (χ2n) is 7.37. The molecule has 2 heterocycles. The molecular weight excluding hydrogens is 417 g/mol. The van der Waals surface area contributed by atoms with Gasteiger partial charge in [0.25, 0.3) is 0 Å². The van der Waals surface area contributed by atoms with Gasteiger partial charge in [0.05, 0.1) is 16.8 Å². The number of amides is 2. The number of carbonyl (C=O) groups is 1. The molecule has 2 aliphatic rings. The van der Waals surface area contributed by atoms with Crippen molar-refractivity contribution in [2.45, 2.75) is 37.6 Å². The number of alkyl halides is 1. The summed E-state index contributed by atoms with van der Waals surface area (Å²) in [6.07, 6.45) is 15.0. The Kier molecular flexibility index (Phi) is 6.32. The number of hydrogen-bond acceptors (Lipinski definition) is 3. The highest BCUT2D eigenvalue weighted by atomic mass is 35.5. The quantitative estimate of drug-likeness (QED) is 0.648. The summed E-state index contributed by atoms with van der Waals surface area (Å²) in [4.78, 5) is 16.5. The Balaban J connectivity index is 1.51. The van der Waals surface area contributed by atoms with Crippen molar-refractivity contribution in [2.75, 3.05) is 0 Å². The number of aryl methyl sites for hydroxylation is 1. The van der Waals surface area contributed by atoms with E-state index >= 15 is 0 Å².